The van der Waals surface area contributed by atoms with Gasteiger partial charge >= 0.3 is 6.61 Å². The summed E-state index contributed by atoms with van der Waals surface area (Å²) in [7, 11) is 1.58. The third-order valence-electron chi connectivity index (χ3n) is 7.14. The largest absolute Gasteiger partial charge is 0.439 e. The molecule has 1 aliphatic carbocycles. The molecule has 1 saturated heterocycles. The fourth-order valence-electron chi connectivity index (χ4n) is 5.17. The number of nitrogens with one attached hydrogen (secondary N) is 1. The van der Waals surface area contributed by atoms with Crippen LogP contribution < -0.4 is 10.1 Å². The summed E-state index contributed by atoms with van der Waals surface area (Å²) < 4.78 is 76.5. The van der Waals surface area contributed by atoms with Crippen molar-refractivity contribution in [1.29, 1.82) is 0 Å². The Morgan fingerprint density at radius 2 is 1.98 bits per heavy atom. The minimum absolute atomic E-state index is 0.0454. The summed E-state index contributed by atoms with van der Waals surface area (Å²) in [6.45, 7) is -1.69. The van der Waals surface area contributed by atoms with Crippen LogP contribution in [0.1, 0.15) is 23.2 Å². The van der Waals surface area contributed by atoms with E-state index >= 15 is 8.78 Å². The number of aryl methyl sites for hydroxylation is 1. The molecule has 6 rings (SSSR count). The van der Waals surface area contributed by atoms with Gasteiger partial charge < -0.3 is 24.4 Å². The van der Waals surface area contributed by atoms with E-state index < -0.39 is 37.0 Å². The van der Waals surface area contributed by atoms with E-state index in [2.05, 4.69) is 30.4 Å². The van der Waals surface area contributed by atoms with Crippen LogP contribution in [0.5, 0.6) is 11.6 Å². The molecule has 11 nitrogen and oxygen atoms in total. The van der Waals surface area contributed by atoms with Crippen molar-refractivity contribution in [3.8, 4) is 11.6 Å². The molecular weight excluding hydrogens is 560 g/mol. The number of fused-ring (bicyclic) bond motifs is 2. The van der Waals surface area contributed by atoms with Gasteiger partial charge in [0.15, 0.2) is 11.4 Å². The number of benzene rings is 1. The standard InChI is InChI=1S/C27H26F4N8O3/c1-16-9-17(3-5-20(16)40-24-10-23-34-14-36-39(23)15-35-24)37-27(42-21-7-8-38(2)12-26(21,30)31)18-11-32-13-33-19(18)4-6-22(27)41-25(28)29/h3-6,9-11,13-15,21-22,25,37H,7-8,12H2,1-2H3. The number of likely N-dealkylation sites (tertiary alicyclic amines) is 1. The topological polar surface area (TPSA) is 112 Å². The highest BCUT2D eigenvalue weighted by atomic mass is 19.3. The molecule has 0 spiro atoms. The van der Waals surface area contributed by atoms with Gasteiger partial charge in [0.25, 0.3) is 5.92 Å². The summed E-state index contributed by atoms with van der Waals surface area (Å²) in [5.74, 6) is -2.56. The molecule has 4 heterocycles. The first-order valence-electron chi connectivity index (χ1n) is 13.0. The van der Waals surface area contributed by atoms with Crippen LogP contribution in [0.3, 0.4) is 0 Å². The fourth-order valence-corrected chi connectivity index (χ4v) is 5.17. The van der Waals surface area contributed by atoms with Crippen LogP contribution in [0.15, 0.2) is 55.5 Å². The molecule has 4 aromatic rings. The van der Waals surface area contributed by atoms with E-state index in [1.165, 1.54) is 46.7 Å². The molecule has 0 bridgehead atoms. The van der Waals surface area contributed by atoms with E-state index in [0.717, 1.165) is 0 Å². The van der Waals surface area contributed by atoms with Crippen molar-refractivity contribution in [3.63, 3.8) is 0 Å². The summed E-state index contributed by atoms with van der Waals surface area (Å²) in [5.41, 5.74) is -0.000759. The lowest BCUT2D eigenvalue weighted by molar-refractivity contribution is -0.259. The summed E-state index contributed by atoms with van der Waals surface area (Å²) in [5, 5.41) is 7.10. The van der Waals surface area contributed by atoms with Gasteiger partial charge in [-0.15, -0.1) is 0 Å². The van der Waals surface area contributed by atoms with Gasteiger partial charge in [-0.3, -0.25) is 0 Å². The molecule has 1 N–H and O–H groups in total. The van der Waals surface area contributed by atoms with Crippen LogP contribution in [0.4, 0.5) is 23.2 Å². The number of rotatable bonds is 8. The fraction of sp³-hybridized carbons (Fsp3) is 0.370. The van der Waals surface area contributed by atoms with Crippen molar-refractivity contribution in [1.82, 2.24) is 34.4 Å². The van der Waals surface area contributed by atoms with Gasteiger partial charge in [-0.25, -0.2) is 33.2 Å². The molecule has 1 aromatic carbocycles. The molecule has 0 radical (unpaired) electrons. The molecule has 3 atom stereocenters. The summed E-state index contributed by atoms with van der Waals surface area (Å²) in [6.07, 6.45) is 5.09. The van der Waals surface area contributed by atoms with Crippen LogP contribution in [0.2, 0.25) is 0 Å². The monoisotopic (exact) mass is 586 g/mol. The second kappa shape index (κ2) is 10.9. The van der Waals surface area contributed by atoms with E-state index in [4.69, 9.17) is 14.2 Å². The maximum Gasteiger partial charge on any atom is 0.346 e. The predicted molar refractivity (Wildman–Crippen MR) is 141 cm³/mol. The first-order chi connectivity index (χ1) is 20.1. The van der Waals surface area contributed by atoms with E-state index in [1.54, 1.807) is 38.2 Å². The van der Waals surface area contributed by atoms with E-state index in [0.29, 0.717) is 34.9 Å². The second-order valence-corrected chi connectivity index (χ2v) is 10.1. The normalized spacial score (nSPS) is 23.7. The summed E-state index contributed by atoms with van der Waals surface area (Å²) in [4.78, 5) is 18.1. The lowest BCUT2D eigenvalue weighted by atomic mass is 9.89. The quantitative estimate of drug-likeness (QED) is 0.237. The molecule has 0 amide bonds. The molecule has 1 aliphatic heterocycles. The lowest BCUT2D eigenvalue weighted by Crippen LogP contribution is -2.59. The van der Waals surface area contributed by atoms with Crippen LogP contribution in [0, 0.1) is 6.92 Å². The maximum atomic E-state index is 15.3. The minimum atomic E-state index is -3.28. The van der Waals surface area contributed by atoms with Crippen molar-refractivity contribution in [2.45, 2.75) is 43.8 Å². The summed E-state index contributed by atoms with van der Waals surface area (Å²) >= 11 is 0. The average Bonchev–Trinajstić information content (AvgIpc) is 3.41. The van der Waals surface area contributed by atoms with Crippen molar-refractivity contribution >= 4 is 17.4 Å². The van der Waals surface area contributed by atoms with Gasteiger partial charge in [0.1, 0.15) is 36.9 Å². The average molecular weight is 587 g/mol. The van der Waals surface area contributed by atoms with E-state index in [1.807, 2.05) is 0 Å². The van der Waals surface area contributed by atoms with Crippen molar-refractivity contribution in [3.05, 3.63) is 72.3 Å². The minimum Gasteiger partial charge on any atom is -0.439 e. The molecule has 0 saturated carbocycles. The molecule has 3 aromatic heterocycles. The Morgan fingerprint density at radius 1 is 1.12 bits per heavy atom. The Balaban J connectivity index is 1.37. The van der Waals surface area contributed by atoms with E-state index in [9.17, 15) is 8.78 Å². The number of ether oxygens (including phenoxy) is 3. The molecular formula is C27H26F4N8O3. The molecule has 1 fully saturated rings. The SMILES string of the molecule is Cc1cc(NC2(OC3CCN(C)CC3(F)F)c3cncnc3C=CC2OC(F)F)ccc1Oc1cc2ncnn2cn1. The van der Waals surface area contributed by atoms with Gasteiger partial charge in [0.2, 0.25) is 5.88 Å². The third kappa shape index (κ3) is 5.37. The van der Waals surface area contributed by atoms with Gasteiger partial charge in [-0.2, -0.15) is 13.9 Å². The first-order valence-corrected chi connectivity index (χ1v) is 13.0. The number of nitrogens with zero attached hydrogens (tertiary/aromatic N) is 7. The smallest absolute Gasteiger partial charge is 0.346 e. The molecule has 3 unspecified atom stereocenters. The summed E-state index contributed by atoms with van der Waals surface area (Å²) in [6, 6.07) is 6.52. The van der Waals surface area contributed by atoms with Gasteiger partial charge in [0.05, 0.1) is 17.8 Å². The van der Waals surface area contributed by atoms with Crippen LogP contribution in [-0.2, 0) is 15.2 Å². The van der Waals surface area contributed by atoms with Gasteiger partial charge in [-0.1, -0.05) is 0 Å². The highest BCUT2D eigenvalue weighted by Gasteiger charge is 2.54. The second-order valence-electron chi connectivity index (χ2n) is 10.1. The Hall–Kier alpha value is -4.21. The number of alkyl halides is 4. The van der Waals surface area contributed by atoms with Crippen LogP contribution in [0.25, 0.3) is 11.7 Å². The van der Waals surface area contributed by atoms with Gasteiger partial charge in [0, 0.05) is 24.5 Å². The van der Waals surface area contributed by atoms with Crippen molar-refractivity contribution < 1.29 is 31.8 Å². The number of piperidine rings is 1. The van der Waals surface area contributed by atoms with Crippen molar-refractivity contribution in [2.75, 3.05) is 25.5 Å². The van der Waals surface area contributed by atoms with Crippen molar-refractivity contribution in [2.24, 2.45) is 0 Å². The Kier molecular flexibility index (Phi) is 7.24. The predicted octanol–water partition coefficient (Wildman–Crippen LogP) is 4.27. The molecule has 15 heteroatoms. The maximum absolute atomic E-state index is 15.3. The molecule has 42 heavy (non-hydrogen) atoms. The number of hydrogen-bond acceptors (Lipinski definition) is 10. The van der Waals surface area contributed by atoms with Gasteiger partial charge in [-0.05, 0) is 56.3 Å². The third-order valence-corrected chi connectivity index (χ3v) is 7.14. The number of aromatic nitrogens is 6. The highest BCUT2D eigenvalue weighted by molar-refractivity contribution is 5.61. The number of hydrogen-bond donors (Lipinski definition) is 1. The highest BCUT2D eigenvalue weighted by Crippen LogP contribution is 2.44. The Morgan fingerprint density at radius 3 is 2.76 bits per heavy atom. The lowest BCUT2D eigenvalue weighted by Gasteiger charge is -2.47. The zero-order chi connectivity index (χ0) is 29.5. The zero-order valence-corrected chi connectivity index (χ0v) is 22.5. The number of halogens is 4. The Bertz CT molecular complexity index is 1620. The van der Waals surface area contributed by atoms with Crippen LogP contribution in [-0.4, -0.2) is 79.3 Å². The Labute approximate surface area is 237 Å². The number of anilines is 1. The first kappa shape index (κ1) is 27.9. The molecule has 2 aliphatic rings. The van der Waals surface area contributed by atoms with E-state index in [-0.39, 0.29) is 17.9 Å². The molecule has 220 valence electrons. The zero-order valence-electron chi connectivity index (χ0n) is 22.5. The van der Waals surface area contributed by atoms with Crippen LogP contribution >= 0.6 is 0 Å².